The lowest BCUT2D eigenvalue weighted by atomic mass is 10.0. The quantitative estimate of drug-likeness (QED) is 0.428. The van der Waals surface area contributed by atoms with Crippen molar-refractivity contribution in [2.45, 2.75) is 0 Å². The van der Waals surface area contributed by atoms with Crippen molar-refractivity contribution in [2.75, 3.05) is 0 Å². The molecule has 0 N–H and O–H groups in total. The van der Waals surface area contributed by atoms with Crippen molar-refractivity contribution in [1.82, 2.24) is 9.97 Å². The Morgan fingerprint density at radius 2 is 1.45 bits per heavy atom. The molecule has 1 aliphatic carbocycles. The second-order valence-corrected chi connectivity index (χ2v) is 5.58. The minimum absolute atomic E-state index is 0.918. The van der Waals surface area contributed by atoms with Crippen LogP contribution in [0.15, 0.2) is 61.2 Å². The summed E-state index contributed by atoms with van der Waals surface area (Å²) in [5.74, 6) is 0. The van der Waals surface area contributed by atoms with Gasteiger partial charge >= 0.3 is 0 Å². The molecule has 0 saturated carbocycles. The van der Waals surface area contributed by atoms with Gasteiger partial charge in [-0.3, -0.25) is 0 Å². The minimum Gasteiger partial charge on any atom is -0.244 e. The summed E-state index contributed by atoms with van der Waals surface area (Å²) in [5.41, 5.74) is 7.25. The lowest BCUT2D eigenvalue weighted by Gasteiger charge is -2.04. The molecule has 1 aliphatic rings. The van der Waals surface area contributed by atoms with Crippen LogP contribution in [-0.4, -0.2) is 9.97 Å². The minimum atomic E-state index is 0.918. The fourth-order valence-electron chi connectivity index (χ4n) is 3.31. The van der Waals surface area contributed by atoms with E-state index in [1.807, 2.05) is 24.3 Å². The van der Waals surface area contributed by atoms with Crippen LogP contribution in [0.2, 0.25) is 0 Å². The summed E-state index contributed by atoms with van der Waals surface area (Å²) in [4.78, 5) is 9.77. The summed E-state index contributed by atoms with van der Waals surface area (Å²) in [6, 6.07) is 18.8. The molecular weight excluding hydrogens is 268 g/mol. The van der Waals surface area contributed by atoms with Gasteiger partial charge in [0, 0.05) is 16.5 Å². The van der Waals surface area contributed by atoms with Gasteiger partial charge in [-0.1, -0.05) is 55.1 Å². The summed E-state index contributed by atoms with van der Waals surface area (Å²) >= 11 is 0. The Hall–Kier alpha value is -3.00. The van der Waals surface area contributed by atoms with E-state index >= 15 is 0 Å². The molecule has 4 aromatic rings. The van der Waals surface area contributed by atoms with Crippen molar-refractivity contribution in [3.05, 3.63) is 66.7 Å². The van der Waals surface area contributed by atoms with Gasteiger partial charge in [0.2, 0.25) is 0 Å². The van der Waals surface area contributed by atoms with Crippen molar-refractivity contribution >= 4 is 27.9 Å². The molecule has 0 amide bonds. The first kappa shape index (κ1) is 11.6. The highest BCUT2D eigenvalue weighted by Crippen LogP contribution is 2.45. The zero-order valence-electron chi connectivity index (χ0n) is 11.9. The van der Waals surface area contributed by atoms with E-state index in [4.69, 9.17) is 9.97 Å². The maximum atomic E-state index is 4.89. The molecule has 5 rings (SSSR count). The summed E-state index contributed by atoms with van der Waals surface area (Å²) < 4.78 is 0. The van der Waals surface area contributed by atoms with E-state index < -0.39 is 0 Å². The van der Waals surface area contributed by atoms with Crippen LogP contribution in [0.3, 0.4) is 0 Å². The molecule has 1 aromatic heterocycles. The molecule has 3 aromatic carbocycles. The zero-order chi connectivity index (χ0) is 14.7. The number of fused-ring (bicyclic) bond motifs is 4. The van der Waals surface area contributed by atoms with Gasteiger partial charge in [-0.25, -0.2) is 9.97 Å². The molecule has 0 atom stereocenters. The molecule has 0 radical (unpaired) electrons. The molecule has 0 saturated heterocycles. The second kappa shape index (κ2) is 4.01. The van der Waals surface area contributed by atoms with Crippen LogP contribution in [0.4, 0.5) is 0 Å². The Kier molecular flexibility index (Phi) is 2.12. The van der Waals surface area contributed by atoms with E-state index in [2.05, 4.69) is 43.0 Å². The molecule has 2 heteroatoms. The number of hydrogen-bond acceptors (Lipinski definition) is 2. The molecule has 22 heavy (non-hydrogen) atoms. The highest BCUT2D eigenvalue weighted by molar-refractivity contribution is 6.14. The van der Waals surface area contributed by atoms with E-state index in [0.29, 0.717) is 0 Å². The normalized spacial score (nSPS) is 11.8. The van der Waals surface area contributed by atoms with Crippen LogP contribution < -0.4 is 0 Å². The molecule has 0 spiro atoms. The molecule has 0 aliphatic heterocycles. The van der Waals surface area contributed by atoms with E-state index in [-0.39, 0.29) is 0 Å². The monoisotopic (exact) mass is 280 g/mol. The SMILES string of the molecule is C=Cc1ccc2nc3c(nc2c1)-c1cccc2cccc-3c12. The van der Waals surface area contributed by atoms with Gasteiger partial charge in [0.25, 0.3) is 0 Å². The average Bonchev–Trinajstić information content (AvgIpc) is 2.88. The maximum absolute atomic E-state index is 4.89. The van der Waals surface area contributed by atoms with E-state index in [1.54, 1.807) is 0 Å². The zero-order valence-corrected chi connectivity index (χ0v) is 11.9. The van der Waals surface area contributed by atoms with Gasteiger partial charge in [0.05, 0.1) is 22.4 Å². The van der Waals surface area contributed by atoms with Crippen molar-refractivity contribution < 1.29 is 0 Å². The highest BCUT2D eigenvalue weighted by Gasteiger charge is 2.24. The van der Waals surface area contributed by atoms with Crippen molar-refractivity contribution in [3.8, 4) is 22.5 Å². The van der Waals surface area contributed by atoms with Gasteiger partial charge in [0.15, 0.2) is 0 Å². The lowest BCUT2D eigenvalue weighted by Crippen LogP contribution is -1.90. The summed E-state index contributed by atoms with van der Waals surface area (Å²) in [7, 11) is 0. The van der Waals surface area contributed by atoms with Crippen LogP contribution in [0.5, 0.6) is 0 Å². The first-order valence-corrected chi connectivity index (χ1v) is 7.32. The van der Waals surface area contributed by atoms with Crippen LogP contribution >= 0.6 is 0 Å². The molecule has 1 heterocycles. The summed E-state index contributed by atoms with van der Waals surface area (Å²) in [6.45, 7) is 3.83. The number of benzene rings is 3. The molecule has 102 valence electrons. The number of aromatic nitrogens is 2. The van der Waals surface area contributed by atoms with Gasteiger partial charge in [-0.15, -0.1) is 0 Å². The standard InChI is InChI=1S/C20H12N2/c1-2-12-9-10-16-17(11-12)22-20-15-8-4-6-13-5-3-7-14(18(13)15)19(20)21-16/h2-11H,1H2. The third-order valence-electron chi connectivity index (χ3n) is 4.34. The number of nitrogens with zero attached hydrogens (tertiary/aromatic N) is 2. The number of rotatable bonds is 1. The Balaban J connectivity index is 1.94. The van der Waals surface area contributed by atoms with Crippen LogP contribution in [0, 0.1) is 0 Å². The fraction of sp³-hybridized carbons (Fsp3) is 0. The van der Waals surface area contributed by atoms with Gasteiger partial charge in [0.1, 0.15) is 0 Å². The first-order valence-electron chi connectivity index (χ1n) is 7.32. The maximum Gasteiger partial charge on any atom is 0.0979 e. The Bertz CT molecular complexity index is 1090. The third kappa shape index (κ3) is 1.39. The topological polar surface area (TPSA) is 25.8 Å². The Morgan fingerprint density at radius 3 is 2.14 bits per heavy atom. The summed E-state index contributed by atoms with van der Waals surface area (Å²) in [6.07, 6.45) is 1.84. The molecule has 2 nitrogen and oxygen atoms in total. The van der Waals surface area contributed by atoms with Crippen LogP contribution in [0.1, 0.15) is 5.56 Å². The van der Waals surface area contributed by atoms with Crippen molar-refractivity contribution in [2.24, 2.45) is 0 Å². The van der Waals surface area contributed by atoms with E-state index in [1.165, 1.54) is 21.9 Å². The Morgan fingerprint density at radius 1 is 0.773 bits per heavy atom. The van der Waals surface area contributed by atoms with Gasteiger partial charge < -0.3 is 0 Å². The molecular formula is C20H12N2. The lowest BCUT2D eigenvalue weighted by molar-refractivity contribution is 1.32. The molecule has 0 fully saturated rings. The predicted octanol–water partition coefficient (Wildman–Crippen LogP) is 5.07. The van der Waals surface area contributed by atoms with Gasteiger partial charge in [-0.05, 0) is 23.1 Å². The average molecular weight is 280 g/mol. The van der Waals surface area contributed by atoms with E-state index in [0.717, 1.165) is 28.0 Å². The van der Waals surface area contributed by atoms with E-state index in [9.17, 15) is 0 Å². The predicted molar refractivity (Wildman–Crippen MR) is 91.6 cm³/mol. The second-order valence-electron chi connectivity index (χ2n) is 5.58. The van der Waals surface area contributed by atoms with Gasteiger partial charge in [-0.2, -0.15) is 0 Å². The smallest absolute Gasteiger partial charge is 0.0979 e. The first-order chi connectivity index (χ1) is 10.8. The highest BCUT2D eigenvalue weighted by atomic mass is 14.8. The molecule has 0 bridgehead atoms. The number of hydrogen-bond donors (Lipinski definition) is 0. The fourth-order valence-corrected chi connectivity index (χ4v) is 3.31. The largest absolute Gasteiger partial charge is 0.244 e. The Labute approximate surface area is 127 Å². The summed E-state index contributed by atoms with van der Waals surface area (Å²) in [5, 5.41) is 2.50. The third-order valence-corrected chi connectivity index (χ3v) is 4.34. The van der Waals surface area contributed by atoms with Crippen molar-refractivity contribution in [3.63, 3.8) is 0 Å². The van der Waals surface area contributed by atoms with Crippen LogP contribution in [0.25, 0.3) is 50.4 Å². The molecule has 0 unspecified atom stereocenters. The van der Waals surface area contributed by atoms with Crippen molar-refractivity contribution in [1.29, 1.82) is 0 Å². The van der Waals surface area contributed by atoms with Crippen LogP contribution in [-0.2, 0) is 0 Å².